The van der Waals surface area contributed by atoms with Gasteiger partial charge in [0.2, 0.25) is 0 Å². The molecule has 0 saturated carbocycles. The van der Waals surface area contributed by atoms with Gasteiger partial charge >= 0.3 is 0 Å². The van der Waals surface area contributed by atoms with Crippen LogP contribution in [0.25, 0.3) is 0 Å². The molecule has 1 aromatic heterocycles. The summed E-state index contributed by atoms with van der Waals surface area (Å²) in [6.07, 6.45) is 0.869. The molecule has 1 atom stereocenters. The van der Waals surface area contributed by atoms with Crippen LogP contribution in [0.2, 0.25) is 0 Å². The highest BCUT2D eigenvalue weighted by Gasteiger charge is 2.10. The van der Waals surface area contributed by atoms with E-state index in [1.807, 2.05) is 6.07 Å². The number of thiazole rings is 1. The van der Waals surface area contributed by atoms with E-state index in [9.17, 15) is 5.11 Å². The van der Waals surface area contributed by atoms with Crippen LogP contribution in [-0.2, 0) is 0 Å². The minimum absolute atomic E-state index is 0.0886. The number of nitriles is 1. The Morgan fingerprint density at radius 2 is 2.67 bits per heavy atom. The topological polar surface area (TPSA) is 66.1 Å². The first-order chi connectivity index (χ1) is 5.77. The van der Waals surface area contributed by atoms with Gasteiger partial charge in [-0.25, -0.2) is 4.98 Å². The number of rotatable bonds is 3. The molecule has 0 bridgehead atoms. The third kappa shape index (κ3) is 1.94. The summed E-state index contributed by atoms with van der Waals surface area (Å²) < 4.78 is 4.84. The molecular formula is C7H8N2O2S. The molecule has 0 saturated heterocycles. The highest BCUT2D eigenvalue weighted by Crippen LogP contribution is 2.26. The van der Waals surface area contributed by atoms with Crippen LogP contribution in [0.4, 0.5) is 0 Å². The van der Waals surface area contributed by atoms with E-state index in [0.717, 1.165) is 0 Å². The predicted octanol–water partition coefficient (Wildman–Crippen LogP) is 1.10. The number of ether oxygens (including phenoxy) is 1. The summed E-state index contributed by atoms with van der Waals surface area (Å²) in [5.74, 6) is 0. The first kappa shape index (κ1) is 8.97. The van der Waals surface area contributed by atoms with Crippen LogP contribution in [0, 0.1) is 11.3 Å². The van der Waals surface area contributed by atoms with Crippen molar-refractivity contribution < 1.29 is 9.84 Å². The average Bonchev–Trinajstić information content (AvgIpc) is 2.52. The number of aliphatic hydroxyl groups excluding tert-OH is 1. The van der Waals surface area contributed by atoms with Crippen LogP contribution in [0.15, 0.2) is 6.20 Å². The van der Waals surface area contributed by atoms with Crippen molar-refractivity contribution in [3.05, 3.63) is 11.1 Å². The molecule has 0 aliphatic heterocycles. The van der Waals surface area contributed by atoms with E-state index in [1.165, 1.54) is 24.6 Å². The lowest BCUT2D eigenvalue weighted by Gasteiger charge is -1.99. The monoisotopic (exact) mass is 184 g/mol. The number of aromatic nitrogens is 1. The van der Waals surface area contributed by atoms with Crippen LogP contribution in [0.5, 0.6) is 5.19 Å². The van der Waals surface area contributed by atoms with Crippen molar-refractivity contribution in [3.63, 3.8) is 0 Å². The van der Waals surface area contributed by atoms with Crippen LogP contribution in [0.1, 0.15) is 17.4 Å². The van der Waals surface area contributed by atoms with E-state index in [0.29, 0.717) is 10.1 Å². The lowest BCUT2D eigenvalue weighted by molar-refractivity contribution is 0.187. The Morgan fingerprint density at radius 1 is 1.92 bits per heavy atom. The third-order valence-corrected chi connectivity index (χ3v) is 2.35. The van der Waals surface area contributed by atoms with Gasteiger partial charge in [-0.3, -0.25) is 0 Å². The summed E-state index contributed by atoms with van der Waals surface area (Å²) in [5, 5.41) is 18.1. The van der Waals surface area contributed by atoms with Crippen molar-refractivity contribution in [2.75, 3.05) is 7.11 Å². The molecule has 64 valence electrons. The standard InChI is InChI=1S/C7H8N2O2S/c1-11-7-9-4-6(12-7)5(10)2-3-8/h4-5,10H,2H2,1H3. The molecule has 0 fully saturated rings. The molecule has 0 aliphatic carbocycles. The van der Waals surface area contributed by atoms with Gasteiger partial charge < -0.3 is 9.84 Å². The Kier molecular flexibility index (Phi) is 3.02. The molecule has 0 radical (unpaired) electrons. The Labute approximate surface area is 74.1 Å². The quantitative estimate of drug-likeness (QED) is 0.763. The first-order valence-electron chi connectivity index (χ1n) is 3.32. The number of aliphatic hydroxyl groups is 1. The molecule has 0 aromatic carbocycles. The molecule has 0 amide bonds. The van der Waals surface area contributed by atoms with E-state index in [-0.39, 0.29) is 6.42 Å². The van der Waals surface area contributed by atoms with Gasteiger partial charge in [-0.05, 0) is 0 Å². The normalized spacial score (nSPS) is 12.1. The molecular weight excluding hydrogens is 176 g/mol. The fraction of sp³-hybridized carbons (Fsp3) is 0.429. The van der Waals surface area contributed by atoms with E-state index < -0.39 is 6.10 Å². The maximum atomic E-state index is 9.32. The molecule has 1 aromatic rings. The lowest BCUT2D eigenvalue weighted by Crippen LogP contribution is -1.91. The number of hydrogen-bond donors (Lipinski definition) is 1. The van der Waals surface area contributed by atoms with Crippen molar-refractivity contribution in [1.82, 2.24) is 4.98 Å². The zero-order valence-electron chi connectivity index (χ0n) is 6.52. The Balaban J connectivity index is 2.69. The second-order valence-electron chi connectivity index (χ2n) is 2.11. The number of hydrogen-bond acceptors (Lipinski definition) is 5. The maximum absolute atomic E-state index is 9.32. The van der Waals surface area contributed by atoms with Crippen LogP contribution in [0.3, 0.4) is 0 Å². The molecule has 5 heteroatoms. The summed E-state index contributed by atoms with van der Waals surface area (Å²) in [7, 11) is 1.51. The van der Waals surface area contributed by atoms with Gasteiger partial charge in [0.15, 0.2) is 0 Å². The zero-order valence-corrected chi connectivity index (χ0v) is 7.34. The fourth-order valence-corrected chi connectivity index (χ4v) is 1.42. The summed E-state index contributed by atoms with van der Waals surface area (Å²) in [4.78, 5) is 4.53. The Morgan fingerprint density at radius 3 is 3.17 bits per heavy atom. The molecule has 1 rings (SSSR count). The van der Waals surface area contributed by atoms with Crippen molar-refractivity contribution in [3.8, 4) is 11.3 Å². The van der Waals surface area contributed by atoms with E-state index in [4.69, 9.17) is 10.00 Å². The highest BCUT2D eigenvalue weighted by molar-refractivity contribution is 7.13. The minimum Gasteiger partial charge on any atom is -0.473 e. The third-order valence-electron chi connectivity index (χ3n) is 1.29. The van der Waals surface area contributed by atoms with Gasteiger partial charge in [-0.2, -0.15) is 5.26 Å². The van der Waals surface area contributed by atoms with Gasteiger partial charge in [-0.15, -0.1) is 0 Å². The van der Waals surface area contributed by atoms with Crippen molar-refractivity contribution in [1.29, 1.82) is 5.26 Å². The zero-order chi connectivity index (χ0) is 8.97. The number of nitrogens with zero attached hydrogens (tertiary/aromatic N) is 2. The first-order valence-corrected chi connectivity index (χ1v) is 4.14. The maximum Gasteiger partial charge on any atom is 0.273 e. The van der Waals surface area contributed by atoms with Crippen molar-refractivity contribution >= 4 is 11.3 Å². The van der Waals surface area contributed by atoms with Gasteiger partial charge in [0.25, 0.3) is 5.19 Å². The largest absolute Gasteiger partial charge is 0.473 e. The van der Waals surface area contributed by atoms with E-state index in [2.05, 4.69) is 4.98 Å². The van der Waals surface area contributed by atoms with E-state index >= 15 is 0 Å². The highest BCUT2D eigenvalue weighted by atomic mass is 32.1. The average molecular weight is 184 g/mol. The molecule has 0 aliphatic rings. The second kappa shape index (κ2) is 4.04. The van der Waals surface area contributed by atoms with Gasteiger partial charge in [0.1, 0.15) is 6.10 Å². The van der Waals surface area contributed by atoms with Gasteiger partial charge in [0, 0.05) is 6.20 Å². The van der Waals surface area contributed by atoms with Crippen molar-refractivity contribution in [2.45, 2.75) is 12.5 Å². The SMILES string of the molecule is COc1ncc(C(O)CC#N)s1. The fourth-order valence-electron chi connectivity index (χ4n) is 0.705. The Hall–Kier alpha value is -1.12. The number of methoxy groups -OCH3 is 1. The molecule has 12 heavy (non-hydrogen) atoms. The van der Waals surface area contributed by atoms with Crippen LogP contribution < -0.4 is 4.74 Å². The summed E-state index contributed by atoms with van der Waals surface area (Å²) >= 11 is 1.25. The van der Waals surface area contributed by atoms with Crippen LogP contribution >= 0.6 is 11.3 Å². The van der Waals surface area contributed by atoms with Gasteiger partial charge in [0.05, 0.1) is 24.5 Å². The molecule has 0 spiro atoms. The predicted molar refractivity (Wildman–Crippen MR) is 43.9 cm³/mol. The second-order valence-corrected chi connectivity index (χ2v) is 3.14. The summed E-state index contributed by atoms with van der Waals surface area (Å²) in [6, 6.07) is 1.88. The molecule has 1 heterocycles. The molecule has 1 unspecified atom stereocenters. The summed E-state index contributed by atoms with van der Waals surface area (Å²) in [5.41, 5.74) is 0. The molecule has 1 N–H and O–H groups in total. The minimum atomic E-state index is -0.739. The summed E-state index contributed by atoms with van der Waals surface area (Å²) in [6.45, 7) is 0. The van der Waals surface area contributed by atoms with Gasteiger partial charge in [-0.1, -0.05) is 11.3 Å². The smallest absolute Gasteiger partial charge is 0.273 e. The van der Waals surface area contributed by atoms with Crippen molar-refractivity contribution in [2.24, 2.45) is 0 Å². The van der Waals surface area contributed by atoms with E-state index in [1.54, 1.807) is 0 Å². The Bertz CT molecular complexity index is 292. The van der Waals surface area contributed by atoms with Crippen LogP contribution in [-0.4, -0.2) is 17.2 Å². The lowest BCUT2D eigenvalue weighted by atomic mass is 10.2. The molecule has 4 nitrogen and oxygen atoms in total.